The predicted molar refractivity (Wildman–Crippen MR) is 132 cm³/mol. The number of aliphatic imine (C=N–C) groups is 3. The second-order valence-corrected chi connectivity index (χ2v) is 7.51. The largest absolute Gasteiger partial charge is 0.387 e. The fourth-order valence-corrected chi connectivity index (χ4v) is 3.37. The zero-order chi connectivity index (χ0) is 22.9. The highest BCUT2D eigenvalue weighted by Gasteiger charge is 2.08. The fraction of sp³-hybridized carbons (Fsp3) is 0.522. The maximum atomic E-state index is 8.72. The summed E-state index contributed by atoms with van der Waals surface area (Å²) in [5.41, 5.74) is 8.63. The van der Waals surface area contributed by atoms with Crippen LogP contribution in [0.3, 0.4) is 0 Å². The number of aromatic nitrogens is 1. The predicted octanol–water partition coefficient (Wildman–Crippen LogP) is 5.58. The molecule has 1 aromatic heterocycles. The molecule has 2 rings (SSSR count). The molecule has 0 fully saturated rings. The fourth-order valence-electron chi connectivity index (χ4n) is 2.42. The number of nitriles is 1. The van der Waals surface area contributed by atoms with Crippen LogP contribution >= 0.6 is 11.3 Å². The van der Waals surface area contributed by atoms with Crippen molar-refractivity contribution in [2.75, 3.05) is 6.54 Å². The van der Waals surface area contributed by atoms with Crippen LogP contribution in [0.1, 0.15) is 70.0 Å². The van der Waals surface area contributed by atoms with Gasteiger partial charge in [0.15, 0.2) is 5.84 Å². The lowest BCUT2D eigenvalue weighted by Crippen LogP contribution is -2.10. The monoisotopic (exact) mass is 428 g/mol. The van der Waals surface area contributed by atoms with E-state index >= 15 is 0 Å². The van der Waals surface area contributed by atoms with E-state index in [0.29, 0.717) is 23.8 Å². The average Bonchev–Trinajstić information content (AvgIpc) is 3.13. The van der Waals surface area contributed by atoms with Crippen LogP contribution in [-0.2, 0) is 13.0 Å². The molecule has 0 spiro atoms. The summed E-state index contributed by atoms with van der Waals surface area (Å²) in [5.74, 6) is 0.922. The summed E-state index contributed by atoms with van der Waals surface area (Å²) in [6.45, 7) is 15.2. The first-order valence-corrected chi connectivity index (χ1v) is 11.3. The van der Waals surface area contributed by atoms with Crippen molar-refractivity contribution >= 4 is 28.7 Å². The molecule has 0 saturated carbocycles. The Hall–Kier alpha value is -2.59. The number of aryl methyl sites for hydroxylation is 2. The number of allylic oxidation sites excluding steroid dienone is 2. The van der Waals surface area contributed by atoms with Gasteiger partial charge in [-0.05, 0) is 46.1 Å². The van der Waals surface area contributed by atoms with Gasteiger partial charge in [0.25, 0.3) is 0 Å². The Kier molecular flexibility index (Phi) is 14.8. The number of hydrogen-bond acceptors (Lipinski definition) is 5. The van der Waals surface area contributed by atoms with Crippen molar-refractivity contribution in [3.8, 4) is 6.07 Å². The minimum Gasteiger partial charge on any atom is -0.387 e. The molecular weight excluding hydrogens is 392 g/mol. The van der Waals surface area contributed by atoms with Crippen LogP contribution in [0.4, 0.5) is 0 Å². The third-order valence-corrected chi connectivity index (χ3v) is 4.79. The number of nitrogens with two attached hydrogens (primary N) is 1. The van der Waals surface area contributed by atoms with Crippen LogP contribution in [0.5, 0.6) is 0 Å². The summed E-state index contributed by atoms with van der Waals surface area (Å²) in [6, 6.07) is 1.98. The van der Waals surface area contributed by atoms with Gasteiger partial charge in [-0.25, -0.2) is 9.98 Å². The number of hydrogen-bond donors (Lipinski definition) is 1. The van der Waals surface area contributed by atoms with Gasteiger partial charge < -0.3 is 5.73 Å². The van der Waals surface area contributed by atoms with E-state index < -0.39 is 0 Å². The van der Waals surface area contributed by atoms with Crippen LogP contribution in [0.25, 0.3) is 0 Å². The van der Waals surface area contributed by atoms with Gasteiger partial charge in [0.2, 0.25) is 0 Å². The molecule has 2 heterocycles. The van der Waals surface area contributed by atoms with Gasteiger partial charge in [0.05, 0.1) is 29.2 Å². The average molecular weight is 429 g/mol. The lowest BCUT2D eigenvalue weighted by atomic mass is 10.2. The third-order valence-electron chi connectivity index (χ3n) is 3.79. The van der Waals surface area contributed by atoms with Gasteiger partial charge in [-0.2, -0.15) is 5.26 Å². The first kappa shape index (κ1) is 27.4. The maximum Gasteiger partial charge on any atom is 0.153 e. The smallest absolute Gasteiger partial charge is 0.153 e. The van der Waals surface area contributed by atoms with E-state index in [1.807, 2.05) is 26.8 Å². The molecule has 2 N–H and O–H groups in total. The van der Waals surface area contributed by atoms with Crippen molar-refractivity contribution in [2.24, 2.45) is 20.7 Å². The second-order valence-electron chi connectivity index (χ2n) is 6.22. The van der Waals surface area contributed by atoms with E-state index in [4.69, 9.17) is 11.0 Å². The lowest BCUT2D eigenvalue weighted by Gasteiger charge is -2.02. The topological polar surface area (TPSA) is 99.8 Å². The highest BCUT2D eigenvalue weighted by atomic mass is 32.1. The Morgan fingerprint density at radius 3 is 2.47 bits per heavy atom. The highest BCUT2D eigenvalue weighted by molar-refractivity contribution is 7.11. The second kappa shape index (κ2) is 16.2. The van der Waals surface area contributed by atoms with Crippen LogP contribution in [-0.4, -0.2) is 28.9 Å². The van der Waals surface area contributed by atoms with Crippen molar-refractivity contribution in [1.82, 2.24) is 4.98 Å². The van der Waals surface area contributed by atoms with Gasteiger partial charge in [-0.15, -0.1) is 11.3 Å². The molecule has 0 aliphatic carbocycles. The number of dihydropyridines is 1. The van der Waals surface area contributed by atoms with Gasteiger partial charge in [0, 0.05) is 28.8 Å². The summed E-state index contributed by atoms with van der Waals surface area (Å²) in [7, 11) is 0. The zero-order valence-corrected chi connectivity index (χ0v) is 20.3. The summed E-state index contributed by atoms with van der Waals surface area (Å²) in [5, 5.41) is 9.76. The van der Waals surface area contributed by atoms with E-state index in [9.17, 15) is 0 Å². The Morgan fingerprint density at radius 1 is 1.30 bits per heavy atom. The van der Waals surface area contributed by atoms with Gasteiger partial charge in [-0.3, -0.25) is 9.98 Å². The number of amidine groups is 2. The molecule has 1 aliphatic heterocycles. The van der Waals surface area contributed by atoms with Crippen LogP contribution in [0.15, 0.2) is 38.8 Å². The lowest BCUT2D eigenvalue weighted by molar-refractivity contribution is 0.977. The molecule has 164 valence electrons. The summed E-state index contributed by atoms with van der Waals surface area (Å²) < 4.78 is 0. The van der Waals surface area contributed by atoms with Crippen molar-refractivity contribution in [1.29, 1.82) is 5.26 Å². The minimum atomic E-state index is 0.422. The van der Waals surface area contributed by atoms with Gasteiger partial charge in [-0.1, -0.05) is 33.8 Å². The van der Waals surface area contributed by atoms with Crippen LogP contribution < -0.4 is 5.73 Å². The molecule has 30 heavy (non-hydrogen) atoms. The number of nitrogens with zero attached hydrogens (tertiary/aromatic N) is 5. The van der Waals surface area contributed by atoms with Crippen molar-refractivity contribution in [2.45, 2.75) is 74.3 Å². The van der Waals surface area contributed by atoms with E-state index in [2.05, 4.69) is 46.0 Å². The third kappa shape index (κ3) is 10.8. The molecule has 0 bridgehead atoms. The first-order valence-electron chi connectivity index (χ1n) is 10.5. The number of rotatable bonds is 5. The van der Waals surface area contributed by atoms with Crippen LogP contribution in [0.2, 0.25) is 0 Å². The summed E-state index contributed by atoms with van der Waals surface area (Å²) in [4.78, 5) is 18.5. The Bertz CT molecular complexity index is 830. The van der Waals surface area contributed by atoms with E-state index in [1.54, 1.807) is 25.2 Å². The van der Waals surface area contributed by atoms with E-state index in [-0.39, 0.29) is 0 Å². The van der Waals surface area contributed by atoms with Crippen LogP contribution in [0, 0.1) is 18.3 Å². The molecule has 0 amide bonds. The molecule has 0 radical (unpaired) electrons. The molecule has 6 nitrogen and oxygen atoms in total. The Labute approximate surface area is 186 Å². The van der Waals surface area contributed by atoms with Crippen molar-refractivity contribution in [3.05, 3.63) is 39.4 Å². The zero-order valence-electron chi connectivity index (χ0n) is 19.5. The summed E-state index contributed by atoms with van der Waals surface area (Å²) in [6.07, 6.45) is 8.82. The van der Waals surface area contributed by atoms with E-state index in [0.717, 1.165) is 41.4 Å². The molecule has 1 aromatic rings. The minimum absolute atomic E-state index is 0.422. The summed E-state index contributed by atoms with van der Waals surface area (Å²) >= 11 is 1.64. The Balaban J connectivity index is 0.000000696. The number of thiazole rings is 1. The highest BCUT2D eigenvalue weighted by Crippen LogP contribution is 2.20. The van der Waals surface area contributed by atoms with Crippen molar-refractivity contribution in [3.63, 3.8) is 0 Å². The standard InChI is InChI=1S/C14H19N5S.C7H11N.C2H6/c1-5-12-13(20-11(4)19-12)8-17-14(18-10(3)16)9(2)6-7-15;1-2-7-5-3-4-6-8-7;1-2/h6H,5,8H2,1-4H3,(H2,16,17,18);3,5H,2,4,6H2,1H3;1-2H3/b9-6+;;. The molecule has 0 aromatic carbocycles. The normalized spacial score (nSPS) is 14.1. The van der Waals surface area contributed by atoms with Gasteiger partial charge >= 0.3 is 0 Å². The quantitative estimate of drug-likeness (QED) is 0.376. The van der Waals surface area contributed by atoms with E-state index in [1.165, 1.54) is 11.8 Å². The molecule has 0 saturated heterocycles. The molecule has 7 heteroatoms. The molecule has 1 aliphatic rings. The molecule has 0 atom stereocenters. The maximum absolute atomic E-state index is 8.72. The van der Waals surface area contributed by atoms with Crippen molar-refractivity contribution < 1.29 is 0 Å². The SMILES string of the molecule is CC.CCC1=NCCC=C1.CCc1nc(C)sc1CN=C(N=C(C)N)/C(C)=C/C#N. The first-order chi connectivity index (χ1) is 14.4. The Morgan fingerprint density at radius 2 is 2.00 bits per heavy atom. The molecule has 0 unspecified atom stereocenters. The molecular formula is C23H36N6S. The van der Waals surface area contributed by atoms with Gasteiger partial charge in [0.1, 0.15) is 0 Å².